The van der Waals surface area contributed by atoms with Gasteiger partial charge in [-0.15, -0.1) is 15.3 Å². The van der Waals surface area contributed by atoms with Crippen LogP contribution in [0.5, 0.6) is 11.6 Å². The smallest absolute Gasteiger partial charge is 0.270 e. The van der Waals surface area contributed by atoms with Crippen molar-refractivity contribution >= 4 is 28.8 Å². The number of nitrogens with one attached hydrogen (secondary N) is 1. The van der Waals surface area contributed by atoms with Gasteiger partial charge < -0.3 is 14.8 Å². The van der Waals surface area contributed by atoms with Crippen molar-refractivity contribution in [2.45, 2.75) is 0 Å². The van der Waals surface area contributed by atoms with Crippen molar-refractivity contribution in [3.63, 3.8) is 0 Å². The van der Waals surface area contributed by atoms with Gasteiger partial charge in [0.15, 0.2) is 11.5 Å². The second kappa shape index (κ2) is 9.49. The average molecular weight is 469 g/mol. The molecular formula is C21H17ClN6O5. The van der Waals surface area contributed by atoms with Gasteiger partial charge in [-0.3, -0.25) is 14.9 Å². The Hall–Kier alpha value is -4.25. The van der Waals surface area contributed by atoms with Gasteiger partial charge in [0.05, 0.1) is 29.2 Å². The number of hydrogen-bond donors (Lipinski definition) is 1. The minimum Gasteiger partial charge on any atom is -0.497 e. The van der Waals surface area contributed by atoms with E-state index in [-0.39, 0.29) is 29.4 Å². The summed E-state index contributed by atoms with van der Waals surface area (Å²) in [5.41, 5.74) is 1.13. The van der Waals surface area contributed by atoms with Gasteiger partial charge in [0.1, 0.15) is 12.4 Å². The van der Waals surface area contributed by atoms with Crippen LogP contribution in [0.2, 0.25) is 5.02 Å². The number of methoxy groups -OCH3 is 1. The fraction of sp³-hybridized carbons (Fsp3) is 0.143. The van der Waals surface area contributed by atoms with E-state index in [4.69, 9.17) is 21.1 Å². The zero-order chi connectivity index (χ0) is 23.4. The molecule has 4 rings (SSSR count). The lowest BCUT2D eigenvalue weighted by Gasteiger charge is -2.08. The standard InChI is InChI=1S/C21H17ClN6O5/c1-32-15-5-2-13(3-6-15)20-25-24-18-8-9-19(26-27(18)20)33-11-10-23-21(29)16-12-14(28(30)31)4-7-17(16)22/h2-9,12H,10-11H2,1H3,(H,23,29). The number of amides is 1. The first-order valence-corrected chi connectivity index (χ1v) is 10.1. The number of hydrogen-bond acceptors (Lipinski definition) is 8. The Morgan fingerprint density at radius 3 is 2.67 bits per heavy atom. The molecule has 0 aliphatic carbocycles. The molecule has 168 valence electrons. The van der Waals surface area contributed by atoms with Crippen molar-refractivity contribution in [1.29, 1.82) is 0 Å². The van der Waals surface area contributed by atoms with E-state index < -0.39 is 10.8 Å². The number of carbonyl (C=O) groups excluding carboxylic acids is 1. The van der Waals surface area contributed by atoms with Crippen molar-refractivity contribution in [2.24, 2.45) is 0 Å². The van der Waals surface area contributed by atoms with Gasteiger partial charge in [-0.05, 0) is 36.4 Å². The van der Waals surface area contributed by atoms with Crippen LogP contribution in [0.3, 0.4) is 0 Å². The number of carbonyl (C=O) groups is 1. The molecule has 2 aromatic heterocycles. The van der Waals surface area contributed by atoms with Gasteiger partial charge in [-0.1, -0.05) is 11.6 Å². The monoisotopic (exact) mass is 468 g/mol. The number of aromatic nitrogens is 4. The Morgan fingerprint density at radius 2 is 1.94 bits per heavy atom. The lowest BCUT2D eigenvalue weighted by Crippen LogP contribution is -2.28. The summed E-state index contributed by atoms with van der Waals surface area (Å²) in [5.74, 6) is 1.01. The Balaban J connectivity index is 1.40. The second-order valence-corrected chi connectivity index (χ2v) is 7.13. The van der Waals surface area contributed by atoms with E-state index in [2.05, 4.69) is 20.6 Å². The highest BCUT2D eigenvalue weighted by molar-refractivity contribution is 6.33. The van der Waals surface area contributed by atoms with Gasteiger partial charge in [0, 0.05) is 23.8 Å². The molecule has 33 heavy (non-hydrogen) atoms. The molecule has 2 aromatic carbocycles. The summed E-state index contributed by atoms with van der Waals surface area (Å²) in [7, 11) is 1.59. The third-order valence-corrected chi connectivity index (χ3v) is 4.96. The number of nitro benzene ring substituents is 1. The summed E-state index contributed by atoms with van der Waals surface area (Å²) < 4.78 is 12.4. The van der Waals surface area contributed by atoms with Gasteiger partial charge in [-0.25, -0.2) is 0 Å². The molecule has 2 heterocycles. The predicted molar refractivity (Wildman–Crippen MR) is 119 cm³/mol. The van der Waals surface area contributed by atoms with Gasteiger partial charge >= 0.3 is 0 Å². The molecule has 0 fully saturated rings. The highest BCUT2D eigenvalue weighted by Crippen LogP contribution is 2.23. The largest absolute Gasteiger partial charge is 0.497 e. The van der Waals surface area contributed by atoms with E-state index in [9.17, 15) is 14.9 Å². The highest BCUT2D eigenvalue weighted by Gasteiger charge is 2.16. The van der Waals surface area contributed by atoms with E-state index in [1.165, 1.54) is 12.1 Å². The topological polar surface area (TPSA) is 134 Å². The fourth-order valence-corrected chi connectivity index (χ4v) is 3.19. The van der Waals surface area contributed by atoms with Crippen LogP contribution < -0.4 is 14.8 Å². The highest BCUT2D eigenvalue weighted by atomic mass is 35.5. The molecule has 0 saturated heterocycles. The van der Waals surface area contributed by atoms with Gasteiger partial charge in [0.25, 0.3) is 11.6 Å². The molecule has 1 N–H and O–H groups in total. The van der Waals surface area contributed by atoms with Crippen LogP contribution in [0, 0.1) is 10.1 Å². The van der Waals surface area contributed by atoms with Crippen molar-refractivity contribution in [3.8, 4) is 23.0 Å². The summed E-state index contributed by atoms with van der Waals surface area (Å²) in [4.78, 5) is 22.6. The SMILES string of the molecule is COc1ccc(-c2nnc3ccc(OCCNC(=O)c4cc([N+](=O)[O-])ccc4Cl)nn23)cc1. The normalized spacial score (nSPS) is 10.7. The number of fused-ring (bicyclic) bond motifs is 1. The van der Waals surface area contributed by atoms with Crippen LogP contribution in [0.1, 0.15) is 10.4 Å². The second-order valence-electron chi connectivity index (χ2n) is 6.72. The number of ether oxygens (including phenoxy) is 2. The molecule has 0 saturated carbocycles. The molecule has 4 aromatic rings. The molecule has 0 aliphatic rings. The molecular weight excluding hydrogens is 452 g/mol. The van der Waals surface area contributed by atoms with E-state index in [0.717, 1.165) is 17.4 Å². The first kappa shape index (κ1) is 22.0. The third kappa shape index (κ3) is 4.83. The van der Waals surface area contributed by atoms with E-state index in [1.807, 2.05) is 24.3 Å². The number of nitro groups is 1. The number of rotatable bonds is 8. The average Bonchev–Trinajstić information content (AvgIpc) is 3.25. The van der Waals surface area contributed by atoms with E-state index in [0.29, 0.717) is 17.4 Å². The quantitative estimate of drug-likeness (QED) is 0.237. The minimum atomic E-state index is -0.594. The Bertz CT molecular complexity index is 1320. The Kier molecular flexibility index (Phi) is 6.31. The fourth-order valence-electron chi connectivity index (χ4n) is 2.99. The first-order chi connectivity index (χ1) is 16.0. The van der Waals surface area contributed by atoms with Crippen molar-refractivity contribution in [3.05, 3.63) is 75.3 Å². The maximum atomic E-state index is 12.3. The van der Waals surface area contributed by atoms with Crippen LogP contribution in [0.15, 0.2) is 54.6 Å². The van der Waals surface area contributed by atoms with Crippen LogP contribution in [-0.4, -0.2) is 50.9 Å². The Morgan fingerprint density at radius 1 is 1.15 bits per heavy atom. The summed E-state index contributed by atoms with van der Waals surface area (Å²) in [6, 6.07) is 14.3. The summed E-state index contributed by atoms with van der Waals surface area (Å²) in [5, 5.41) is 26.3. The van der Waals surface area contributed by atoms with Crippen molar-refractivity contribution in [1.82, 2.24) is 25.1 Å². The third-order valence-electron chi connectivity index (χ3n) is 4.63. The zero-order valence-corrected chi connectivity index (χ0v) is 18.0. The minimum absolute atomic E-state index is 0.0130. The molecule has 0 radical (unpaired) electrons. The predicted octanol–water partition coefficient (Wildman–Crippen LogP) is 3.17. The summed E-state index contributed by atoms with van der Waals surface area (Å²) in [6.45, 7) is 0.238. The maximum Gasteiger partial charge on any atom is 0.270 e. The number of non-ortho nitro benzene ring substituents is 1. The lowest BCUT2D eigenvalue weighted by molar-refractivity contribution is -0.384. The van der Waals surface area contributed by atoms with Crippen LogP contribution in [0.4, 0.5) is 5.69 Å². The first-order valence-electron chi connectivity index (χ1n) is 9.68. The molecule has 0 aliphatic heterocycles. The number of halogens is 1. The summed E-state index contributed by atoms with van der Waals surface area (Å²) in [6.07, 6.45) is 0. The molecule has 0 spiro atoms. The molecule has 0 unspecified atom stereocenters. The molecule has 12 heteroatoms. The molecule has 0 bridgehead atoms. The van der Waals surface area contributed by atoms with E-state index >= 15 is 0 Å². The van der Waals surface area contributed by atoms with E-state index in [1.54, 1.807) is 23.8 Å². The zero-order valence-electron chi connectivity index (χ0n) is 17.3. The van der Waals surface area contributed by atoms with Gasteiger partial charge in [0.2, 0.25) is 5.88 Å². The van der Waals surface area contributed by atoms with Crippen molar-refractivity contribution in [2.75, 3.05) is 20.3 Å². The number of nitrogens with zero attached hydrogens (tertiary/aromatic N) is 5. The van der Waals surface area contributed by atoms with Crippen molar-refractivity contribution < 1.29 is 19.2 Å². The number of benzene rings is 2. The molecule has 1 amide bonds. The summed E-state index contributed by atoms with van der Waals surface area (Å²) >= 11 is 5.99. The van der Waals surface area contributed by atoms with Gasteiger partial charge in [-0.2, -0.15) is 4.52 Å². The van der Waals surface area contributed by atoms with Crippen LogP contribution in [-0.2, 0) is 0 Å². The molecule has 0 atom stereocenters. The van der Waals surface area contributed by atoms with Crippen LogP contribution >= 0.6 is 11.6 Å². The Labute approximate surface area is 192 Å². The lowest BCUT2D eigenvalue weighted by atomic mass is 10.2. The maximum absolute atomic E-state index is 12.3. The van der Waals surface area contributed by atoms with Crippen LogP contribution in [0.25, 0.3) is 17.0 Å². The molecule has 11 nitrogen and oxygen atoms in total.